The summed E-state index contributed by atoms with van der Waals surface area (Å²) in [6.07, 6.45) is 3.16. The molecule has 2 N–H and O–H groups in total. The Morgan fingerprint density at radius 1 is 1.36 bits per heavy atom. The van der Waals surface area contributed by atoms with Gasteiger partial charge in [-0.2, -0.15) is 0 Å². The molecule has 0 spiro atoms. The molecular weight excluding hydrogens is 278 g/mol. The second kappa shape index (κ2) is 6.95. The highest BCUT2D eigenvalue weighted by molar-refractivity contribution is 5.82. The molecule has 1 amide bonds. The van der Waals surface area contributed by atoms with Gasteiger partial charge in [0.1, 0.15) is 0 Å². The number of rotatable bonds is 8. The number of aliphatic carboxylic acids is 1. The first kappa shape index (κ1) is 16.5. The fourth-order valence-electron chi connectivity index (χ4n) is 2.93. The van der Waals surface area contributed by atoms with Crippen molar-refractivity contribution >= 4 is 11.9 Å². The summed E-state index contributed by atoms with van der Waals surface area (Å²) in [4.78, 5) is 23.2. The van der Waals surface area contributed by atoms with Gasteiger partial charge in [0.2, 0.25) is 5.91 Å². The summed E-state index contributed by atoms with van der Waals surface area (Å²) in [6.45, 7) is 4.25. The monoisotopic (exact) mass is 303 g/mol. The van der Waals surface area contributed by atoms with E-state index in [-0.39, 0.29) is 29.7 Å². The molecule has 2 rings (SSSR count). The van der Waals surface area contributed by atoms with E-state index in [1.54, 1.807) is 0 Å². The lowest BCUT2D eigenvalue weighted by molar-refractivity contribution is -0.137. The van der Waals surface area contributed by atoms with E-state index >= 15 is 0 Å². The molecule has 4 heteroatoms. The third-order valence-corrected chi connectivity index (χ3v) is 4.85. The summed E-state index contributed by atoms with van der Waals surface area (Å²) in [5.74, 6) is -0.659. The first-order chi connectivity index (χ1) is 10.4. The van der Waals surface area contributed by atoms with Gasteiger partial charge in [-0.25, -0.2) is 0 Å². The van der Waals surface area contributed by atoms with Gasteiger partial charge in [-0.1, -0.05) is 44.2 Å². The summed E-state index contributed by atoms with van der Waals surface area (Å²) in [5, 5.41) is 12.0. The number of nitrogens with one attached hydrogen (secondary N) is 1. The molecule has 3 atom stereocenters. The van der Waals surface area contributed by atoms with Crippen LogP contribution in [-0.2, 0) is 16.0 Å². The SMILES string of the molecule is CCC1(C)CC1C(=O)NC(CCC(=O)O)Cc1ccccc1. The highest BCUT2D eigenvalue weighted by Crippen LogP contribution is 2.54. The molecule has 1 fully saturated rings. The van der Waals surface area contributed by atoms with Crippen LogP contribution in [0.25, 0.3) is 0 Å². The third-order valence-electron chi connectivity index (χ3n) is 4.85. The van der Waals surface area contributed by atoms with Crippen LogP contribution in [0.3, 0.4) is 0 Å². The van der Waals surface area contributed by atoms with Crippen molar-refractivity contribution in [3.8, 4) is 0 Å². The molecule has 0 aliphatic heterocycles. The smallest absolute Gasteiger partial charge is 0.303 e. The summed E-state index contributed by atoms with van der Waals surface area (Å²) < 4.78 is 0. The van der Waals surface area contributed by atoms with Gasteiger partial charge in [-0.3, -0.25) is 9.59 Å². The predicted molar refractivity (Wildman–Crippen MR) is 85.5 cm³/mol. The molecule has 0 bridgehead atoms. The molecule has 0 aromatic heterocycles. The van der Waals surface area contributed by atoms with Gasteiger partial charge in [-0.05, 0) is 36.7 Å². The molecule has 0 saturated heterocycles. The van der Waals surface area contributed by atoms with Gasteiger partial charge in [0, 0.05) is 18.4 Å². The molecule has 3 unspecified atom stereocenters. The zero-order valence-corrected chi connectivity index (χ0v) is 13.3. The molecule has 1 aliphatic rings. The number of benzene rings is 1. The van der Waals surface area contributed by atoms with Crippen LogP contribution in [0.4, 0.5) is 0 Å². The molecule has 0 radical (unpaired) electrons. The number of amides is 1. The lowest BCUT2D eigenvalue weighted by Gasteiger charge is -2.19. The van der Waals surface area contributed by atoms with Gasteiger partial charge in [-0.15, -0.1) is 0 Å². The van der Waals surface area contributed by atoms with Crippen molar-refractivity contribution in [3.63, 3.8) is 0 Å². The average molecular weight is 303 g/mol. The normalized spacial score (nSPS) is 24.5. The Labute approximate surface area is 131 Å². The number of hydrogen-bond donors (Lipinski definition) is 2. The Kier molecular flexibility index (Phi) is 5.22. The highest BCUT2D eigenvalue weighted by Gasteiger charge is 2.53. The molecule has 22 heavy (non-hydrogen) atoms. The van der Waals surface area contributed by atoms with Crippen LogP contribution in [0.2, 0.25) is 0 Å². The first-order valence-electron chi connectivity index (χ1n) is 8.00. The predicted octanol–water partition coefficient (Wildman–Crippen LogP) is 3.01. The molecule has 1 aliphatic carbocycles. The van der Waals surface area contributed by atoms with Crippen molar-refractivity contribution in [2.24, 2.45) is 11.3 Å². The Balaban J connectivity index is 1.95. The molecule has 120 valence electrons. The van der Waals surface area contributed by atoms with Crippen LogP contribution in [-0.4, -0.2) is 23.0 Å². The van der Waals surface area contributed by atoms with Crippen molar-refractivity contribution in [1.82, 2.24) is 5.32 Å². The van der Waals surface area contributed by atoms with E-state index in [1.807, 2.05) is 30.3 Å². The van der Waals surface area contributed by atoms with E-state index in [1.165, 1.54) is 0 Å². The van der Waals surface area contributed by atoms with Gasteiger partial charge in [0.25, 0.3) is 0 Å². The van der Waals surface area contributed by atoms with Crippen molar-refractivity contribution < 1.29 is 14.7 Å². The van der Waals surface area contributed by atoms with E-state index < -0.39 is 5.97 Å². The summed E-state index contributed by atoms with van der Waals surface area (Å²) in [5.41, 5.74) is 1.25. The Hall–Kier alpha value is -1.84. The lowest BCUT2D eigenvalue weighted by atomic mass is 10.00. The maximum absolute atomic E-state index is 12.4. The topological polar surface area (TPSA) is 66.4 Å². The van der Waals surface area contributed by atoms with Crippen LogP contribution >= 0.6 is 0 Å². The summed E-state index contributed by atoms with van der Waals surface area (Å²) in [6, 6.07) is 9.76. The number of carboxylic acid groups (broad SMARTS) is 1. The number of carbonyl (C=O) groups is 2. The number of hydrogen-bond acceptors (Lipinski definition) is 2. The second-order valence-corrected chi connectivity index (χ2v) is 6.59. The molecule has 1 aromatic carbocycles. The summed E-state index contributed by atoms with van der Waals surface area (Å²) in [7, 11) is 0. The van der Waals surface area contributed by atoms with Crippen LogP contribution in [0, 0.1) is 11.3 Å². The number of carbonyl (C=O) groups excluding carboxylic acids is 1. The molecule has 1 saturated carbocycles. The van der Waals surface area contributed by atoms with Gasteiger partial charge in [0.05, 0.1) is 0 Å². The minimum absolute atomic E-state index is 0.0769. The molecule has 4 nitrogen and oxygen atoms in total. The third kappa shape index (κ3) is 4.33. The Morgan fingerprint density at radius 3 is 2.59 bits per heavy atom. The highest BCUT2D eigenvalue weighted by atomic mass is 16.4. The largest absolute Gasteiger partial charge is 0.481 e. The first-order valence-corrected chi connectivity index (χ1v) is 8.00. The fraction of sp³-hybridized carbons (Fsp3) is 0.556. The van der Waals surface area contributed by atoms with E-state index in [9.17, 15) is 9.59 Å². The minimum atomic E-state index is -0.822. The molecule has 1 aromatic rings. The average Bonchev–Trinajstić information content (AvgIpc) is 3.19. The van der Waals surface area contributed by atoms with E-state index in [4.69, 9.17) is 5.11 Å². The standard InChI is InChI=1S/C18H25NO3/c1-3-18(2)12-15(18)17(22)19-14(9-10-16(20)21)11-13-7-5-4-6-8-13/h4-8,14-15H,3,9-12H2,1-2H3,(H,19,22)(H,20,21). The van der Waals surface area contributed by atoms with Crippen molar-refractivity contribution in [2.45, 2.75) is 52.0 Å². The maximum atomic E-state index is 12.4. The van der Waals surface area contributed by atoms with Gasteiger partial charge in [0.15, 0.2) is 0 Å². The van der Waals surface area contributed by atoms with Crippen LogP contribution in [0.5, 0.6) is 0 Å². The van der Waals surface area contributed by atoms with Crippen molar-refractivity contribution in [3.05, 3.63) is 35.9 Å². The van der Waals surface area contributed by atoms with E-state index in [0.717, 1.165) is 18.4 Å². The zero-order valence-electron chi connectivity index (χ0n) is 13.3. The van der Waals surface area contributed by atoms with Gasteiger partial charge < -0.3 is 10.4 Å². The molecule has 0 heterocycles. The Morgan fingerprint density at radius 2 is 2.05 bits per heavy atom. The Bertz CT molecular complexity index is 528. The fourth-order valence-corrected chi connectivity index (χ4v) is 2.93. The van der Waals surface area contributed by atoms with Crippen LogP contribution in [0.15, 0.2) is 30.3 Å². The molecular formula is C18H25NO3. The zero-order chi connectivity index (χ0) is 16.2. The van der Waals surface area contributed by atoms with Crippen molar-refractivity contribution in [1.29, 1.82) is 0 Å². The van der Waals surface area contributed by atoms with Gasteiger partial charge >= 0.3 is 5.97 Å². The quantitative estimate of drug-likeness (QED) is 0.776. The van der Waals surface area contributed by atoms with E-state index in [0.29, 0.717) is 12.8 Å². The minimum Gasteiger partial charge on any atom is -0.481 e. The van der Waals surface area contributed by atoms with E-state index in [2.05, 4.69) is 19.2 Å². The lowest BCUT2D eigenvalue weighted by Crippen LogP contribution is -2.38. The summed E-state index contributed by atoms with van der Waals surface area (Å²) >= 11 is 0. The number of carboxylic acids is 1. The maximum Gasteiger partial charge on any atom is 0.303 e. The second-order valence-electron chi connectivity index (χ2n) is 6.59. The van der Waals surface area contributed by atoms with Crippen molar-refractivity contribution in [2.75, 3.05) is 0 Å². The van der Waals surface area contributed by atoms with Crippen LogP contribution in [0.1, 0.15) is 45.1 Å². The van der Waals surface area contributed by atoms with Crippen LogP contribution < -0.4 is 5.32 Å².